The number of nitrogens with zero attached hydrogens (tertiary/aromatic N) is 1. The van der Waals surface area contributed by atoms with Crippen LogP contribution >= 0.6 is 11.6 Å². The molecule has 0 radical (unpaired) electrons. The fraction of sp³-hybridized carbons (Fsp3) is 0.220. The van der Waals surface area contributed by atoms with Crippen molar-refractivity contribution >= 4 is 46.2 Å². The lowest BCUT2D eigenvalue weighted by atomic mass is 9.44. The standard InChI is InChI=1S/C41H29ClF3NO6/c42-24-11-13-25(14-12-24)46-38(50)28-17-16-27-30(35(28)39(46)51)20-32-37(49)29(22-7-3-1-4-8-22)21-34(48)40(32,23-9-5-2-6-10-23)36(27)31-19-26(15-18-33(31)47)52-41(43,44)45/h1-16,18-19,21,28,30,32,35-36,47H,17,20H2/t28-,30+,32-,35-,36+,40-/m0/s1. The lowest BCUT2D eigenvalue weighted by Crippen LogP contribution is -2.58. The summed E-state index contributed by atoms with van der Waals surface area (Å²) in [6.45, 7) is 0. The molecule has 1 heterocycles. The number of allylic oxidation sites excluding steroid dienone is 4. The highest BCUT2D eigenvalue weighted by Crippen LogP contribution is 2.64. The molecule has 2 amide bonds. The number of carbonyl (C=O) groups is 4. The van der Waals surface area contributed by atoms with Crippen LogP contribution in [0.3, 0.4) is 0 Å². The smallest absolute Gasteiger partial charge is 0.508 e. The van der Waals surface area contributed by atoms with Crippen LogP contribution in [0.2, 0.25) is 5.02 Å². The lowest BCUT2D eigenvalue weighted by molar-refractivity contribution is -0.274. The Bertz CT molecular complexity index is 2200. The Morgan fingerprint density at radius 2 is 1.50 bits per heavy atom. The molecule has 1 N–H and O–H groups in total. The number of phenols is 1. The molecule has 7 nitrogen and oxygen atoms in total. The number of fused-ring (bicyclic) bond motifs is 4. The summed E-state index contributed by atoms with van der Waals surface area (Å²) in [5.74, 6) is -7.77. The van der Waals surface area contributed by atoms with Crippen LogP contribution in [0.5, 0.6) is 11.5 Å². The van der Waals surface area contributed by atoms with Crippen molar-refractivity contribution in [1.29, 1.82) is 0 Å². The topological polar surface area (TPSA) is 101 Å². The highest BCUT2D eigenvalue weighted by Gasteiger charge is 2.66. The van der Waals surface area contributed by atoms with Crippen LogP contribution in [-0.2, 0) is 24.6 Å². The summed E-state index contributed by atoms with van der Waals surface area (Å²) in [7, 11) is 0. The monoisotopic (exact) mass is 723 g/mol. The van der Waals surface area contributed by atoms with Crippen molar-refractivity contribution in [3.05, 3.63) is 143 Å². The van der Waals surface area contributed by atoms with Crippen LogP contribution in [0.25, 0.3) is 5.57 Å². The third-order valence-corrected chi connectivity index (χ3v) is 11.3. The van der Waals surface area contributed by atoms with E-state index < -0.39 is 76.2 Å². The largest absolute Gasteiger partial charge is 0.573 e. The van der Waals surface area contributed by atoms with Gasteiger partial charge in [0.25, 0.3) is 0 Å². The molecule has 0 spiro atoms. The summed E-state index contributed by atoms with van der Waals surface area (Å²) in [6.07, 6.45) is -1.94. The Balaban J connectivity index is 1.37. The normalized spacial score (nSPS) is 27.0. The molecule has 4 aliphatic rings. The predicted molar refractivity (Wildman–Crippen MR) is 185 cm³/mol. The number of benzene rings is 4. The first-order valence-electron chi connectivity index (χ1n) is 16.7. The van der Waals surface area contributed by atoms with E-state index in [0.29, 0.717) is 27.4 Å². The Hall–Kier alpha value is -5.48. The van der Waals surface area contributed by atoms with Gasteiger partial charge in [-0.3, -0.25) is 24.1 Å². The number of alkyl halides is 3. The average molecular weight is 724 g/mol. The fourth-order valence-corrected chi connectivity index (χ4v) is 9.15. The number of aromatic hydroxyl groups is 1. The van der Waals surface area contributed by atoms with Gasteiger partial charge in [0, 0.05) is 28.0 Å². The summed E-state index contributed by atoms with van der Waals surface area (Å²) in [4.78, 5) is 59.6. The minimum Gasteiger partial charge on any atom is -0.508 e. The number of halogens is 4. The molecule has 52 heavy (non-hydrogen) atoms. The van der Waals surface area contributed by atoms with Crippen molar-refractivity contribution in [3.8, 4) is 11.5 Å². The minimum atomic E-state index is -5.06. The summed E-state index contributed by atoms with van der Waals surface area (Å²) in [6, 6.07) is 26.5. The van der Waals surface area contributed by atoms with Gasteiger partial charge in [0.2, 0.25) is 11.8 Å². The number of phenolic OH excluding ortho intramolecular Hbond substituents is 1. The molecule has 8 rings (SSSR count). The first-order valence-corrected chi connectivity index (χ1v) is 17.1. The number of rotatable bonds is 5. The highest BCUT2D eigenvalue weighted by molar-refractivity contribution is 6.32. The van der Waals surface area contributed by atoms with Crippen LogP contribution in [-0.4, -0.2) is 34.8 Å². The molecule has 262 valence electrons. The van der Waals surface area contributed by atoms with Crippen molar-refractivity contribution < 1.29 is 42.2 Å². The van der Waals surface area contributed by atoms with Gasteiger partial charge in [-0.1, -0.05) is 83.9 Å². The van der Waals surface area contributed by atoms with Crippen molar-refractivity contribution in [3.63, 3.8) is 0 Å². The number of imide groups is 1. The Morgan fingerprint density at radius 3 is 2.17 bits per heavy atom. The number of ketones is 2. The second-order valence-corrected chi connectivity index (χ2v) is 14.0. The molecule has 1 saturated carbocycles. The lowest BCUT2D eigenvalue weighted by Gasteiger charge is -2.55. The van der Waals surface area contributed by atoms with Gasteiger partial charge in [-0.25, -0.2) is 0 Å². The van der Waals surface area contributed by atoms with E-state index in [1.165, 1.54) is 6.08 Å². The molecule has 0 unspecified atom stereocenters. The van der Waals surface area contributed by atoms with Crippen LogP contribution in [0, 0.1) is 23.7 Å². The van der Waals surface area contributed by atoms with E-state index in [2.05, 4.69) is 4.74 Å². The Kier molecular flexibility index (Phi) is 7.98. The van der Waals surface area contributed by atoms with Crippen LogP contribution < -0.4 is 9.64 Å². The molecule has 4 aromatic carbocycles. The zero-order valence-electron chi connectivity index (χ0n) is 27.2. The molecule has 6 atom stereocenters. The SMILES string of the molecule is O=C1C(c2ccccc2)=CC(=O)[C@@]2(c3ccccc3)[C@@H](c3cc(OC(F)(F)F)ccc3O)C3=CC[C@@H]4C(=O)N(c5ccc(Cl)cc5)C(=O)[C@@H]4[C@@H]3C[C@@H]12. The molecule has 4 aromatic rings. The minimum absolute atomic E-state index is 0.0138. The second kappa shape index (κ2) is 12.3. The quantitative estimate of drug-likeness (QED) is 0.166. The Labute approximate surface area is 301 Å². The summed E-state index contributed by atoms with van der Waals surface area (Å²) in [5, 5.41) is 11.9. The van der Waals surface area contributed by atoms with E-state index in [1.807, 2.05) is 0 Å². The van der Waals surface area contributed by atoms with Gasteiger partial charge in [-0.15, -0.1) is 13.2 Å². The molecular weight excluding hydrogens is 695 g/mol. The van der Waals surface area contributed by atoms with E-state index in [0.717, 1.165) is 23.1 Å². The van der Waals surface area contributed by atoms with Gasteiger partial charge in [0.05, 0.1) is 22.9 Å². The molecule has 1 saturated heterocycles. The Morgan fingerprint density at radius 1 is 0.827 bits per heavy atom. The number of hydrogen-bond donors (Lipinski definition) is 1. The van der Waals surface area contributed by atoms with E-state index >= 15 is 4.79 Å². The maximum atomic E-state index is 15.1. The van der Waals surface area contributed by atoms with Crippen molar-refractivity contribution in [2.75, 3.05) is 4.90 Å². The number of Topliss-reactive ketones (excluding diaryl/α,β-unsaturated/α-hetero) is 1. The number of ether oxygens (including phenoxy) is 1. The summed E-state index contributed by atoms with van der Waals surface area (Å²) in [5.41, 5.74) is 0.0797. The fourth-order valence-electron chi connectivity index (χ4n) is 9.02. The van der Waals surface area contributed by atoms with E-state index in [4.69, 9.17) is 11.6 Å². The molecule has 0 aromatic heterocycles. The maximum Gasteiger partial charge on any atom is 0.573 e. The molecule has 11 heteroatoms. The van der Waals surface area contributed by atoms with E-state index in [9.17, 15) is 32.7 Å². The maximum absolute atomic E-state index is 15.1. The first-order chi connectivity index (χ1) is 24.9. The highest BCUT2D eigenvalue weighted by atomic mass is 35.5. The zero-order valence-corrected chi connectivity index (χ0v) is 28.0. The van der Waals surface area contributed by atoms with Crippen LogP contribution in [0.15, 0.2) is 121 Å². The third kappa shape index (κ3) is 5.19. The number of hydrogen-bond acceptors (Lipinski definition) is 6. The first kappa shape index (κ1) is 33.7. The number of carbonyl (C=O) groups excluding carboxylic acids is 4. The van der Waals surface area contributed by atoms with Crippen LogP contribution in [0.1, 0.15) is 35.4 Å². The van der Waals surface area contributed by atoms with E-state index in [1.54, 1.807) is 91.0 Å². The summed E-state index contributed by atoms with van der Waals surface area (Å²) < 4.78 is 44.9. The van der Waals surface area contributed by atoms with Crippen LogP contribution in [0.4, 0.5) is 18.9 Å². The van der Waals surface area contributed by atoms with Crippen molar-refractivity contribution in [2.45, 2.75) is 30.5 Å². The van der Waals surface area contributed by atoms with Gasteiger partial charge >= 0.3 is 6.36 Å². The number of anilines is 1. The summed E-state index contributed by atoms with van der Waals surface area (Å²) >= 11 is 6.10. The van der Waals surface area contributed by atoms with Crippen molar-refractivity contribution in [1.82, 2.24) is 0 Å². The van der Waals surface area contributed by atoms with E-state index in [-0.39, 0.29) is 24.0 Å². The van der Waals surface area contributed by atoms with Gasteiger partial charge in [0.1, 0.15) is 11.5 Å². The van der Waals surface area contributed by atoms with Gasteiger partial charge < -0.3 is 9.84 Å². The zero-order chi connectivity index (χ0) is 36.5. The van der Waals surface area contributed by atoms with Gasteiger partial charge in [-0.05, 0) is 78.4 Å². The van der Waals surface area contributed by atoms with Gasteiger partial charge in [-0.2, -0.15) is 0 Å². The van der Waals surface area contributed by atoms with Crippen molar-refractivity contribution in [2.24, 2.45) is 23.7 Å². The molecule has 0 bridgehead atoms. The average Bonchev–Trinajstić information content (AvgIpc) is 3.39. The molecular formula is C41H29ClF3NO6. The molecule has 1 aliphatic heterocycles. The third-order valence-electron chi connectivity index (χ3n) is 11.0. The molecule has 2 fully saturated rings. The number of amides is 2. The predicted octanol–water partition coefficient (Wildman–Crippen LogP) is 7.97. The second-order valence-electron chi connectivity index (χ2n) is 13.5. The molecule has 3 aliphatic carbocycles. The van der Waals surface area contributed by atoms with Gasteiger partial charge in [0.15, 0.2) is 11.6 Å².